The highest BCUT2D eigenvalue weighted by molar-refractivity contribution is 6.01. The van der Waals surface area contributed by atoms with Crippen LogP contribution in [0.25, 0.3) is 33.0 Å². The predicted octanol–water partition coefficient (Wildman–Crippen LogP) is 5.72. The van der Waals surface area contributed by atoms with Gasteiger partial charge >= 0.3 is 0 Å². The average molecular weight is 329 g/mol. The molecule has 0 N–H and O–H groups in total. The summed E-state index contributed by atoms with van der Waals surface area (Å²) in [4.78, 5) is 4.23. The Kier molecular flexibility index (Phi) is 3.90. The van der Waals surface area contributed by atoms with Crippen LogP contribution in [0.3, 0.4) is 0 Å². The van der Waals surface area contributed by atoms with Crippen LogP contribution in [-0.4, -0.2) is 12.1 Å². The summed E-state index contributed by atoms with van der Waals surface area (Å²) in [6, 6.07) is 20.8. The van der Waals surface area contributed by atoms with Gasteiger partial charge in [0, 0.05) is 23.5 Å². The van der Waals surface area contributed by atoms with E-state index in [1.54, 1.807) is 25.4 Å². The van der Waals surface area contributed by atoms with E-state index in [9.17, 15) is 4.39 Å². The van der Waals surface area contributed by atoms with Gasteiger partial charge in [0.2, 0.25) is 0 Å². The molecule has 0 amide bonds. The molecule has 0 radical (unpaired) electrons. The summed E-state index contributed by atoms with van der Waals surface area (Å²) in [5.41, 5.74) is 4.08. The predicted molar refractivity (Wildman–Crippen MR) is 99.1 cm³/mol. The molecule has 4 rings (SSSR count). The molecule has 0 bridgehead atoms. The maximum absolute atomic E-state index is 13.2. The van der Waals surface area contributed by atoms with Gasteiger partial charge in [0.15, 0.2) is 0 Å². The van der Waals surface area contributed by atoms with Crippen LogP contribution in [0, 0.1) is 5.82 Å². The molecule has 2 nitrogen and oxygen atoms in total. The van der Waals surface area contributed by atoms with E-state index in [1.165, 1.54) is 12.1 Å². The first-order valence-electron chi connectivity index (χ1n) is 8.03. The quantitative estimate of drug-likeness (QED) is 0.480. The lowest BCUT2D eigenvalue weighted by Gasteiger charge is -2.13. The van der Waals surface area contributed by atoms with E-state index in [-0.39, 0.29) is 5.82 Å². The number of hydrogen-bond acceptors (Lipinski definition) is 2. The number of pyridine rings is 1. The molecule has 0 aliphatic heterocycles. The zero-order chi connectivity index (χ0) is 17.2. The molecule has 4 aromatic rings. The molecule has 0 fully saturated rings. The minimum Gasteiger partial charge on any atom is -0.496 e. The molecule has 1 heterocycles. The topological polar surface area (TPSA) is 22.1 Å². The molecule has 0 saturated carbocycles. The summed E-state index contributed by atoms with van der Waals surface area (Å²) in [6.45, 7) is 0. The molecule has 0 saturated heterocycles. The SMILES string of the molecule is COc1ccc2cc(-c3ccc(F)cc3)ccc2c1-c1cccnc1. The van der Waals surface area contributed by atoms with Crippen molar-refractivity contribution in [1.82, 2.24) is 4.98 Å². The van der Waals surface area contributed by atoms with E-state index in [0.717, 1.165) is 38.8 Å². The van der Waals surface area contributed by atoms with Crippen LogP contribution in [-0.2, 0) is 0 Å². The fourth-order valence-corrected chi connectivity index (χ4v) is 3.11. The molecule has 122 valence electrons. The lowest BCUT2D eigenvalue weighted by molar-refractivity contribution is 0.417. The summed E-state index contributed by atoms with van der Waals surface area (Å²) in [5, 5.41) is 2.19. The number of nitrogens with zero attached hydrogens (tertiary/aromatic N) is 1. The molecular weight excluding hydrogens is 313 g/mol. The van der Waals surface area contributed by atoms with Crippen LogP contribution in [0.15, 0.2) is 79.1 Å². The highest BCUT2D eigenvalue weighted by atomic mass is 19.1. The van der Waals surface area contributed by atoms with Gasteiger partial charge in [0.25, 0.3) is 0 Å². The molecule has 0 atom stereocenters. The van der Waals surface area contributed by atoms with Gasteiger partial charge in [-0.3, -0.25) is 4.98 Å². The molecule has 0 unspecified atom stereocenters. The van der Waals surface area contributed by atoms with Gasteiger partial charge in [-0.25, -0.2) is 4.39 Å². The smallest absolute Gasteiger partial charge is 0.127 e. The van der Waals surface area contributed by atoms with Crippen LogP contribution in [0.1, 0.15) is 0 Å². The Balaban J connectivity index is 1.92. The lowest BCUT2D eigenvalue weighted by atomic mass is 9.95. The Morgan fingerprint density at radius 3 is 2.36 bits per heavy atom. The number of rotatable bonds is 3. The van der Waals surface area contributed by atoms with Crippen molar-refractivity contribution in [3.05, 3.63) is 84.9 Å². The summed E-state index contributed by atoms with van der Waals surface area (Å²) < 4.78 is 18.7. The van der Waals surface area contributed by atoms with Crippen LogP contribution in [0.2, 0.25) is 0 Å². The second kappa shape index (κ2) is 6.36. The number of hydrogen-bond donors (Lipinski definition) is 0. The minimum absolute atomic E-state index is 0.229. The van der Waals surface area contributed by atoms with Crippen LogP contribution in [0.5, 0.6) is 5.75 Å². The molecule has 0 aliphatic rings. The Labute approximate surface area is 145 Å². The van der Waals surface area contributed by atoms with Gasteiger partial charge in [0.1, 0.15) is 11.6 Å². The van der Waals surface area contributed by atoms with Crippen molar-refractivity contribution >= 4 is 10.8 Å². The molecule has 25 heavy (non-hydrogen) atoms. The fraction of sp³-hybridized carbons (Fsp3) is 0.0455. The van der Waals surface area contributed by atoms with Gasteiger partial charge in [-0.05, 0) is 52.2 Å². The molecule has 0 spiro atoms. The highest BCUT2D eigenvalue weighted by Gasteiger charge is 2.11. The Bertz CT molecular complexity index is 1030. The maximum Gasteiger partial charge on any atom is 0.127 e. The van der Waals surface area contributed by atoms with E-state index in [2.05, 4.69) is 23.2 Å². The van der Waals surface area contributed by atoms with Crippen LogP contribution in [0.4, 0.5) is 4.39 Å². The third-order valence-electron chi connectivity index (χ3n) is 4.33. The first-order valence-corrected chi connectivity index (χ1v) is 8.03. The van der Waals surface area contributed by atoms with Gasteiger partial charge in [-0.15, -0.1) is 0 Å². The Hall–Kier alpha value is -3.20. The van der Waals surface area contributed by atoms with Gasteiger partial charge in [-0.2, -0.15) is 0 Å². The summed E-state index contributed by atoms with van der Waals surface area (Å²) >= 11 is 0. The minimum atomic E-state index is -0.229. The van der Waals surface area contributed by atoms with Gasteiger partial charge in [-0.1, -0.05) is 36.4 Å². The first-order chi connectivity index (χ1) is 12.3. The molecule has 3 heteroatoms. The molecule has 1 aromatic heterocycles. The third kappa shape index (κ3) is 2.85. The number of aromatic nitrogens is 1. The van der Waals surface area contributed by atoms with Crippen molar-refractivity contribution in [3.63, 3.8) is 0 Å². The summed E-state index contributed by atoms with van der Waals surface area (Å²) in [7, 11) is 1.67. The Morgan fingerprint density at radius 1 is 0.840 bits per heavy atom. The van der Waals surface area contributed by atoms with Crippen LogP contribution >= 0.6 is 0 Å². The van der Waals surface area contributed by atoms with E-state index >= 15 is 0 Å². The number of methoxy groups -OCH3 is 1. The van der Waals surface area contributed by atoms with Crippen molar-refractivity contribution in [1.29, 1.82) is 0 Å². The molecule has 3 aromatic carbocycles. The van der Waals surface area contributed by atoms with E-state index in [0.29, 0.717) is 0 Å². The van der Waals surface area contributed by atoms with Crippen LogP contribution < -0.4 is 4.74 Å². The second-order valence-electron chi connectivity index (χ2n) is 5.83. The highest BCUT2D eigenvalue weighted by Crippen LogP contribution is 2.38. The van der Waals surface area contributed by atoms with Crippen molar-refractivity contribution in [2.24, 2.45) is 0 Å². The van der Waals surface area contributed by atoms with E-state index < -0.39 is 0 Å². The lowest BCUT2D eigenvalue weighted by Crippen LogP contribution is -1.91. The normalized spacial score (nSPS) is 10.8. The number of halogens is 1. The molecular formula is C22H16FNO. The Morgan fingerprint density at radius 2 is 1.64 bits per heavy atom. The van der Waals surface area contributed by atoms with E-state index in [1.807, 2.05) is 30.5 Å². The molecule has 0 aliphatic carbocycles. The third-order valence-corrected chi connectivity index (χ3v) is 4.33. The monoisotopic (exact) mass is 329 g/mol. The largest absolute Gasteiger partial charge is 0.496 e. The standard InChI is InChI=1S/C22H16FNO/c1-25-21-11-7-17-13-16(15-4-8-19(23)9-5-15)6-10-20(17)22(21)18-3-2-12-24-14-18/h2-14H,1H3. The van der Waals surface area contributed by atoms with E-state index in [4.69, 9.17) is 4.74 Å². The zero-order valence-electron chi connectivity index (χ0n) is 13.7. The van der Waals surface area contributed by atoms with Gasteiger partial charge in [0.05, 0.1) is 7.11 Å². The summed E-state index contributed by atoms with van der Waals surface area (Å²) in [5.74, 6) is 0.586. The average Bonchev–Trinajstić information content (AvgIpc) is 2.68. The van der Waals surface area contributed by atoms with Crippen molar-refractivity contribution < 1.29 is 9.13 Å². The number of benzene rings is 3. The van der Waals surface area contributed by atoms with Crippen molar-refractivity contribution in [2.45, 2.75) is 0 Å². The first kappa shape index (κ1) is 15.3. The van der Waals surface area contributed by atoms with Gasteiger partial charge < -0.3 is 4.74 Å². The maximum atomic E-state index is 13.2. The van der Waals surface area contributed by atoms with Crippen molar-refractivity contribution in [3.8, 4) is 28.0 Å². The second-order valence-corrected chi connectivity index (χ2v) is 5.83. The number of ether oxygens (including phenoxy) is 1. The number of fused-ring (bicyclic) bond motifs is 1. The zero-order valence-corrected chi connectivity index (χ0v) is 13.7. The summed E-state index contributed by atoms with van der Waals surface area (Å²) in [6.07, 6.45) is 3.60. The fourth-order valence-electron chi connectivity index (χ4n) is 3.11. The van der Waals surface area contributed by atoms with Crippen molar-refractivity contribution in [2.75, 3.05) is 7.11 Å².